The third kappa shape index (κ3) is 6.53. The predicted molar refractivity (Wildman–Crippen MR) is 133 cm³/mol. The zero-order valence-corrected chi connectivity index (χ0v) is 19.6. The Kier molecular flexibility index (Phi) is 7.88. The van der Waals surface area contributed by atoms with Crippen LogP contribution in [0.5, 0.6) is 5.88 Å². The maximum Gasteiger partial charge on any atom is 0.300 e. The molecule has 5 rings (SSSR count). The lowest BCUT2D eigenvalue weighted by atomic mass is 9.98. The summed E-state index contributed by atoms with van der Waals surface area (Å²) in [6.07, 6.45) is 9.65. The molecule has 2 aromatic carbocycles. The fraction of sp³-hybridized carbons (Fsp3) is 0.250. The molecule has 0 atom stereocenters. The molecule has 1 fully saturated rings. The molecule has 1 aliphatic carbocycles. The first-order chi connectivity index (χ1) is 17.0. The van der Waals surface area contributed by atoms with E-state index in [1.54, 1.807) is 18.5 Å². The Balaban J connectivity index is 0.000000672. The van der Waals surface area contributed by atoms with Crippen molar-refractivity contribution < 1.29 is 19.0 Å². The number of aliphatic carboxylic acids is 1. The molecule has 7 heteroatoms. The third-order valence-electron chi connectivity index (χ3n) is 5.79. The summed E-state index contributed by atoms with van der Waals surface area (Å²) in [5.74, 6) is -0.0111. The molecule has 2 N–H and O–H groups in total. The average Bonchev–Trinajstić information content (AvgIpc) is 3.35. The Morgan fingerprint density at radius 3 is 2.31 bits per heavy atom. The standard InChI is InChI=1S/C26H24FN3O.C2H4O2/c27-23-15-19(20-12-14-25(28-16-20)31-21-9-5-2-6-10-21)11-13-22(23)26-29-17-24(30-26)18-7-3-1-4-8-18;1-2(3)4/h1,3-4,7-8,11-17,21H,2,5-6,9-10H2,(H,29,30);1H3,(H,3,4). The van der Waals surface area contributed by atoms with Gasteiger partial charge in [0.05, 0.1) is 17.5 Å². The minimum atomic E-state index is -0.833. The van der Waals surface area contributed by atoms with Crippen LogP contribution < -0.4 is 4.74 Å². The van der Waals surface area contributed by atoms with Gasteiger partial charge in [-0.2, -0.15) is 0 Å². The number of hydrogen-bond acceptors (Lipinski definition) is 4. The Labute approximate surface area is 203 Å². The zero-order chi connectivity index (χ0) is 24.6. The number of pyridine rings is 1. The van der Waals surface area contributed by atoms with Crippen molar-refractivity contribution in [3.63, 3.8) is 0 Å². The number of carboxylic acid groups (broad SMARTS) is 1. The van der Waals surface area contributed by atoms with Crippen LogP contribution in [0.2, 0.25) is 0 Å². The normalized spacial score (nSPS) is 13.5. The second-order valence-corrected chi connectivity index (χ2v) is 8.49. The van der Waals surface area contributed by atoms with Gasteiger partial charge in [0.25, 0.3) is 5.97 Å². The molecular formula is C28H28FN3O3. The summed E-state index contributed by atoms with van der Waals surface area (Å²) in [6.45, 7) is 1.08. The van der Waals surface area contributed by atoms with E-state index in [0.717, 1.165) is 42.1 Å². The number of H-pyrrole nitrogens is 1. The van der Waals surface area contributed by atoms with E-state index in [0.29, 0.717) is 17.3 Å². The lowest BCUT2D eigenvalue weighted by Gasteiger charge is -2.22. The van der Waals surface area contributed by atoms with Gasteiger partial charge in [0.15, 0.2) is 0 Å². The molecule has 2 heterocycles. The van der Waals surface area contributed by atoms with Gasteiger partial charge in [-0.15, -0.1) is 0 Å². The number of ether oxygens (including phenoxy) is 1. The number of imidazole rings is 1. The number of carboxylic acids is 1. The van der Waals surface area contributed by atoms with Crippen LogP contribution in [0.25, 0.3) is 33.8 Å². The highest BCUT2D eigenvalue weighted by Gasteiger charge is 2.16. The number of benzene rings is 2. The first-order valence-electron chi connectivity index (χ1n) is 11.7. The van der Waals surface area contributed by atoms with Gasteiger partial charge in [-0.1, -0.05) is 42.8 Å². The fourth-order valence-corrected chi connectivity index (χ4v) is 4.08. The molecule has 6 nitrogen and oxygen atoms in total. The van der Waals surface area contributed by atoms with Crippen molar-refractivity contribution in [2.24, 2.45) is 0 Å². The maximum absolute atomic E-state index is 14.9. The number of nitrogens with zero attached hydrogens (tertiary/aromatic N) is 2. The summed E-state index contributed by atoms with van der Waals surface area (Å²) in [6, 6.07) is 18.8. The second kappa shape index (κ2) is 11.4. The lowest BCUT2D eigenvalue weighted by Crippen LogP contribution is -2.20. The van der Waals surface area contributed by atoms with E-state index in [2.05, 4.69) is 15.0 Å². The first kappa shape index (κ1) is 24.1. The monoisotopic (exact) mass is 473 g/mol. The van der Waals surface area contributed by atoms with Crippen LogP contribution in [0.4, 0.5) is 4.39 Å². The van der Waals surface area contributed by atoms with Gasteiger partial charge < -0.3 is 14.8 Å². The Bertz CT molecular complexity index is 1250. The summed E-state index contributed by atoms with van der Waals surface area (Å²) in [5, 5.41) is 7.42. The third-order valence-corrected chi connectivity index (χ3v) is 5.79. The second-order valence-electron chi connectivity index (χ2n) is 8.49. The van der Waals surface area contributed by atoms with Crippen LogP contribution in [-0.2, 0) is 4.79 Å². The summed E-state index contributed by atoms with van der Waals surface area (Å²) in [5.41, 5.74) is 3.94. The van der Waals surface area contributed by atoms with Crippen molar-refractivity contribution in [1.82, 2.24) is 15.0 Å². The fourth-order valence-electron chi connectivity index (χ4n) is 4.08. The number of carbonyl (C=O) groups is 1. The van der Waals surface area contributed by atoms with Gasteiger partial charge in [0, 0.05) is 24.8 Å². The summed E-state index contributed by atoms with van der Waals surface area (Å²) in [7, 11) is 0. The highest BCUT2D eigenvalue weighted by Crippen LogP contribution is 2.29. The van der Waals surface area contributed by atoms with E-state index >= 15 is 0 Å². The number of halogens is 1. The summed E-state index contributed by atoms with van der Waals surface area (Å²) in [4.78, 5) is 21.0. The maximum atomic E-state index is 14.9. The van der Waals surface area contributed by atoms with Gasteiger partial charge in [-0.25, -0.2) is 14.4 Å². The van der Waals surface area contributed by atoms with E-state index in [4.69, 9.17) is 14.6 Å². The van der Waals surface area contributed by atoms with Crippen molar-refractivity contribution >= 4 is 5.97 Å². The lowest BCUT2D eigenvalue weighted by molar-refractivity contribution is -0.134. The van der Waals surface area contributed by atoms with Crippen molar-refractivity contribution in [2.75, 3.05) is 0 Å². The zero-order valence-electron chi connectivity index (χ0n) is 19.6. The van der Waals surface area contributed by atoms with Crippen LogP contribution in [-0.4, -0.2) is 32.1 Å². The number of aromatic amines is 1. The SMILES string of the molecule is CC(=O)O.Fc1cc(-c2ccc(OC3CCCCC3)nc2)ccc1-c1ncc(-c2ccccc2)[nH]1. The Hall–Kier alpha value is -4.00. The largest absolute Gasteiger partial charge is 0.481 e. The van der Waals surface area contributed by atoms with Crippen LogP contribution in [0, 0.1) is 5.82 Å². The topological polar surface area (TPSA) is 88.1 Å². The molecule has 0 aliphatic heterocycles. The minimum absolute atomic E-state index is 0.262. The van der Waals surface area contributed by atoms with Gasteiger partial charge in [-0.05, 0) is 55.0 Å². The van der Waals surface area contributed by atoms with Gasteiger partial charge >= 0.3 is 0 Å². The highest BCUT2D eigenvalue weighted by atomic mass is 19.1. The average molecular weight is 474 g/mol. The van der Waals surface area contributed by atoms with Crippen molar-refractivity contribution in [1.29, 1.82) is 0 Å². The van der Waals surface area contributed by atoms with Crippen LogP contribution in [0.3, 0.4) is 0 Å². The Morgan fingerprint density at radius 2 is 1.66 bits per heavy atom. The molecule has 0 bridgehead atoms. The van der Waals surface area contributed by atoms with E-state index in [1.165, 1.54) is 25.3 Å². The minimum Gasteiger partial charge on any atom is -0.481 e. The number of rotatable bonds is 5. The molecule has 1 aliphatic rings. The quantitative estimate of drug-likeness (QED) is 0.335. The van der Waals surface area contributed by atoms with E-state index < -0.39 is 5.97 Å². The van der Waals surface area contributed by atoms with Crippen LogP contribution in [0.1, 0.15) is 39.0 Å². The molecule has 0 saturated heterocycles. The van der Waals surface area contributed by atoms with Crippen LogP contribution in [0.15, 0.2) is 73.1 Å². The molecule has 2 aromatic heterocycles. The number of aromatic nitrogens is 3. The molecule has 4 aromatic rings. The smallest absolute Gasteiger partial charge is 0.300 e. The molecular weight excluding hydrogens is 445 g/mol. The van der Waals surface area contributed by atoms with Crippen molar-refractivity contribution in [3.05, 3.63) is 78.9 Å². The highest BCUT2D eigenvalue weighted by molar-refractivity contribution is 5.70. The molecule has 1 saturated carbocycles. The molecule has 0 unspecified atom stereocenters. The molecule has 35 heavy (non-hydrogen) atoms. The predicted octanol–water partition coefficient (Wildman–Crippen LogP) is 6.75. The van der Waals surface area contributed by atoms with E-state index in [-0.39, 0.29) is 11.9 Å². The molecule has 0 spiro atoms. The van der Waals surface area contributed by atoms with Gasteiger partial charge in [0.2, 0.25) is 5.88 Å². The van der Waals surface area contributed by atoms with Gasteiger partial charge in [0.1, 0.15) is 17.7 Å². The first-order valence-corrected chi connectivity index (χ1v) is 11.7. The van der Waals surface area contributed by atoms with E-state index in [9.17, 15) is 4.39 Å². The van der Waals surface area contributed by atoms with Gasteiger partial charge in [-0.3, -0.25) is 4.79 Å². The summed E-state index contributed by atoms with van der Waals surface area (Å²) < 4.78 is 20.9. The van der Waals surface area contributed by atoms with Crippen molar-refractivity contribution in [3.8, 4) is 39.7 Å². The number of nitrogens with one attached hydrogen (secondary N) is 1. The van der Waals surface area contributed by atoms with E-state index in [1.807, 2.05) is 48.5 Å². The van der Waals surface area contributed by atoms with Crippen LogP contribution >= 0.6 is 0 Å². The molecule has 0 radical (unpaired) electrons. The Morgan fingerprint density at radius 1 is 0.943 bits per heavy atom. The summed E-state index contributed by atoms with van der Waals surface area (Å²) >= 11 is 0. The van der Waals surface area contributed by atoms with Crippen molar-refractivity contribution in [2.45, 2.75) is 45.1 Å². The number of hydrogen-bond donors (Lipinski definition) is 2. The molecule has 180 valence electrons. The molecule has 0 amide bonds.